The second-order valence-corrected chi connectivity index (χ2v) is 4.22. The van der Waals surface area contributed by atoms with Gasteiger partial charge in [-0.25, -0.2) is 0 Å². The Morgan fingerprint density at radius 1 is 1.20 bits per heavy atom. The van der Waals surface area contributed by atoms with E-state index >= 15 is 0 Å². The van der Waals surface area contributed by atoms with Crippen molar-refractivity contribution in [1.29, 1.82) is 0 Å². The molecule has 0 aliphatic rings. The Bertz CT molecular complexity index is 121. The first-order valence-electron chi connectivity index (χ1n) is 1.50. The van der Waals surface area contributed by atoms with Crippen LogP contribution in [0, 0.1) is 0 Å². The first-order chi connectivity index (χ1) is 3.85. The molecule has 0 heterocycles. The van der Waals surface area contributed by atoms with Crippen LogP contribution >= 0.6 is 71.1 Å². The molecule has 0 aliphatic carbocycles. The summed E-state index contributed by atoms with van der Waals surface area (Å²) in [5, 5.41) is -0.233. The van der Waals surface area contributed by atoms with Gasteiger partial charge in [-0.15, -0.1) is 3.94 Å². The van der Waals surface area contributed by atoms with E-state index < -0.39 is 3.04 Å². The molecule has 0 amide bonds. The van der Waals surface area contributed by atoms with Crippen molar-refractivity contribution >= 4 is 76.2 Å². The van der Waals surface area contributed by atoms with Crippen molar-refractivity contribution < 1.29 is 23.1 Å². The Morgan fingerprint density at radius 2 is 1.50 bits per heavy atom. The molecular formula is CCl5IrN2S+. The predicted octanol–water partition coefficient (Wildman–Crippen LogP) is 3.16. The number of quaternary nitrogens is 1. The standard InChI is InChI=1S/CCl5N2S.Ir/c2-7(3)1(9)8(4,5)6;/q+1;. The van der Waals surface area contributed by atoms with Crippen LogP contribution < -0.4 is 0 Å². The van der Waals surface area contributed by atoms with Crippen LogP contribution in [-0.2, 0) is 20.1 Å². The van der Waals surface area contributed by atoms with Crippen molar-refractivity contribution in [2.45, 2.75) is 0 Å². The van der Waals surface area contributed by atoms with Crippen molar-refractivity contribution in [3.05, 3.63) is 0 Å². The van der Waals surface area contributed by atoms with Crippen LogP contribution in [0.25, 0.3) is 0 Å². The summed E-state index contributed by atoms with van der Waals surface area (Å²) in [5.41, 5.74) is 0. The van der Waals surface area contributed by atoms with Crippen LogP contribution in [0.5, 0.6) is 0 Å². The number of thiocarbonyl (C=S) groups is 1. The van der Waals surface area contributed by atoms with Gasteiger partial charge in [0.05, 0.1) is 0 Å². The first-order valence-corrected chi connectivity index (χ1v) is 3.60. The maximum Gasteiger partial charge on any atom is 0.358 e. The quantitative estimate of drug-likeness (QED) is 0.420. The number of hydrogen-bond donors (Lipinski definition) is 0. The van der Waals surface area contributed by atoms with E-state index in [1.165, 1.54) is 0 Å². The van der Waals surface area contributed by atoms with Crippen molar-refractivity contribution in [3.8, 4) is 0 Å². The Morgan fingerprint density at radius 3 is 1.50 bits per heavy atom. The zero-order valence-electron chi connectivity index (χ0n) is 4.03. The van der Waals surface area contributed by atoms with Gasteiger partial charge in [-0.3, -0.25) is 0 Å². The molecule has 0 saturated carbocycles. The molecule has 0 atom stereocenters. The van der Waals surface area contributed by atoms with Crippen LogP contribution in [0.1, 0.15) is 0 Å². The summed E-state index contributed by atoms with van der Waals surface area (Å²) in [7, 11) is 0. The molecule has 9 heteroatoms. The van der Waals surface area contributed by atoms with Gasteiger partial charge in [-0.05, 0) is 0 Å². The van der Waals surface area contributed by atoms with E-state index in [4.69, 9.17) is 58.9 Å². The zero-order chi connectivity index (χ0) is 7.65. The number of halogens is 5. The van der Waals surface area contributed by atoms with E-state index in [2.05, 4.69) is 12.2 Å². The molecule has 0 fully saturated rings. The van der Waals surface area contributed by atoms with E-state index in [1.807, 2.05) is 0 Å². The largest absolute Gasteiger partial charge is 0.358 e. The molecule has 0 aromatic heterocycles. The molecule has 2 nitrogen and oxygen atoms in total. The summed E-state index contributed by atoms with van der Waals surface area (Å²) in [6, 6.07) is 0. The summed E-state index contributed by atoms with van der Waals surface area (Å²) in [4.78, 5) is 0. The molecule has 10 heavy (non-hydrogen) atoms. The van der Waals surface area contributed by atoms with Gasteiger partial charge in [-0.2, -0.15) is 0 Å². The van der Waals surface area contributed by atoms with Crippen LogP contribution in [0.15, 0.2) is 0 Å². The van der Waals surface area contributed by atoms with Gasteiger partial charge in [-0.1, -0.05) is 0 Å². The van der Waals surface area contributed by atoms with Gasteiger partial charge in [0.15, 0.2) is 0 Å². The van der Waals surface area contributed by atoms with E-state index in [9.17, 15) is 0 Å². The average Bonchev–Trinajstić information content (AvgIpc) is 1.62. The molecule has 0 bridgehead atoms. The Balaban J connectivity index is 0. The maximum absolute atomic E-state index is 5.20. The second kappa shape index (κ2) is 5.57. The second-order valence-electron chi connectivity index (χ2n) is 0.961. The van der Waals surface area contributed by atoms with Crippen LogP contribution in [0.3, 0.4) is 0 Å². The topological polar surface area (TPSA) is 3.24 Å². The monoisotopic (exact) mass is 440 g/mol. The summed E-state index contributed by atoms with van der Waals surface area (Å²) in [6.07, 6.45) is 0. The van der Waals surface area contributed by atoms with Gasteiger partial charge >= 0.3 is 5.11 Å². The maximum atomic E-state index is 5.20. The minimum atomic E-state index is -1.12. The van der Waals surface area contributed by atoms with Gasteiger partial charge in [0, 0.05) is 58.9 Å². The van der Waals surface area contributed by atoms with Crippen molar-refractivity contribution in [2.75, 3.05) is 0 Å². The fourth-order valence-corrected chi connectivity index (χ4v) is 0.771. The Kier molecular flexibility index (Phi) is 8.06. The van der Waals surface area contributed by atoms with Crippen molar-refractivity contribution in [3.63, 3.8) is 0 Å². The molecule has 63 valence electrons. The van der Waals surface area contributed by atoms with E-state index in [1.54, 1.807) is 0 Å². The summed E-state index contributed by atoms with van der Waals surface area (Å²) >= 11 is 30.2. The smallest absolute Gasteiger partial charge is 0.129 e. The minimum absolute atomic E-state index is 0. The van der Waals surface area contributed by atoms with E-state index in [0.717, 1.165) is 0 Å². The van der Waals surface area contributed by atoms with Crippen LogP contribution in [-0.4, -0.2) is 12.1 Å². The van der Waals surface area contributed by atoms with Gasteiger partial charge in [0.1, 0.15) is 0 Å². The van der Waals surface area contributed by atoms with E-state index in [0.29, 0.717) is 3.94 Å². The number of rotatable bonds is 0. The Labute approximate surface area is 102 Å². The molecule has 1 radical (unpaired) electrons. The van der Waals surface area contributed by atoms with Gasteiger partial charge < -0.3 is 0 Å². The van der Waals surface area contributed by atoms with Crippen molar-refractivity contribution in [2.24, 2.45) is 0 Å². The molecule has 0 N–H and O–H groups in total. The van der Waals surface area contributed by atoms with Gasteiger partial charge in [0.25, 0.3) is 0 Å². The Hall–Kier alpha value is 1.95. The number of hydrogen-bond acceptors (Lipinski definition) is 1. The fourth-order valence-electron chi connectivity index (χ4n) is 0.0857. The minimum Gasteiger partial charge on any atom is -0.129 e. The molecule has 0 rings (SSSR count). The SMILES string of the molecule is S=C(N(Cl)Cl)[N+](Cl)(Cl)Cl.[Ir]. The molecule has 0 aromatic carbocycles. The molecule has 0 saturated heterocycles. The molecule has 0 aromatic rings. The first kappa shape index (κ1) is 14.5. The molecule has 0 unspecified atom stereocenters. The summed E-state index contributed by atoms with van der Waals surface area (Å²) in [5.74, 6) is 0. The molecule has 0 spiro atoms. The van der Waals surface area contributed by atoms with Crippen LogP contribution in [0.4, 0.5) is 0 Å². The zero-order valence-corrected chi connectivity index (χ0v) is 11.0. The van der Waals surface area contributed by atoms with Crippen molar-refractivity contribution in [1.82, 2.24) is 3.94 Å². The number of nitrogens with zero attached hydrogens (tertiary/aromatic N) is 2. The summed E-state index contributed by atoms with van der Waals surface area (Å²) < 4.78 is -0.620. The summed E-state index contributed by atoms with van der Waals surface area (Å²) in [6.45, 7) is 0. The van der Waals surface area contributed by atoms with Gasteiger partial charge in [0.2, 0.25) is 35.3 Å². The molecule has 0 aliphatic heterocycles. The average molecular weight is 442 g/mol. The third kappa shape index (κ3) is 5.58. The third-order valence-electron chi connectivity index (χ3n) is 0.361. The van der Waals surface area contributed by atoms with Crippen LogP contribution in [0.2, 0.25) is 0 Å². The fraction of sp³-hybridized carbons (Fsp3) is 0. The predicted molar refractivity (Wildman–Crippen MR) is 44.0 cm³/mol. The third-order valence-corrected chi connectivity index (χ3v) is 2.12. The van der Waals surface area contributed by atoms with E-state index in [-0.39, 0.29) is 25.2 Å². The normalized spacial score (nSPS) is 10.1. The molecular weight excluding hydrogens is 442 g/mol.